The standard InChI is InChI=1S/C23H24N4O3/c1-4-26(5-2)23(30)17-11-13-18(14-12-17)24-22(29)21-20(28)15-16(3)27(25-21)19-9-7-6-8-10-19/h6-15H,4-5H2,1-3H3,(H,24,29). The molecule has 0 bridgehead atoms. The molecule has 30 heavy (non-hydrogen) atoms. The molecule has 154 valence electrons. The van der Waals surface area contributed by atoms with Gasteiger partial charge < -0.3 is 10.2 Å². The molecular formula is C23H24N4O3. The maximum atomic E-state index is 12.7. The lowest BCUT2D eigenvalue weighted by Gasteiger charge is -2.18. The fourth-order valence-corrected chi connectivity index (χ4v) is 3.12. The van der Waals surface area contributed by atoms with E-state index in [1.807, 2.05) is 44.2 Å². The highest BCUT2D eigenvalue weighted by atomic mass is 16.2. The van der Waals surface area contributed by atoms with Crippen molar-refractivity contribution in [3.05, 3.63) is 87.8 Å². The molecule has 0 saturated heterocycles. The van der Waals surface area contributed by atoms with Crippen LogP contribution < -0.4 is 10.7 Å². The number of anilines is 1. The first kappa shape index (κ1) is 21.0. The number of nitrogens with one attached hydrogen (secondary N) is 1. The third kappa shape index (κ3) is 4.46. The Hall–Kier alpha value is -3.74. The third-order valence-corrected chi connectivity index (χ3v) is 4.76. The molecule has 0 aliphatic rings. The molecule has 3 aromatic rings. The molecule has 0 aliphatic heterocycles. The summed E-state index contributed by atoms with van der Waals surface area (Å²) >= 11 is 0. The lowest BCUT2D eigenvalue weighted by molar-refractivity contribution is 0.0773. The number of carbonyl (C=O) groups excluding carboxylic acids is 2. The molecule has 1 N–H and O–H groups in total. The van der Waals surface area contributed by atoms with Gasteiger partial charge in [0.25, 0.3) is 11.8 Å². The van der Waals surface area contributed by atoms with Crippen LogP contribution in [0.5, 0.6) is 0 Å². The van der Waals surface area contributed by atoms with Crippen molar-refractivity contribution in [3.63, 3.8) is 0 Å². The summed E-state index contributed by atoms with van der Waals surface area (Å²) < 4.78 is 1.56. The van der Waals surface area contributed by atoms with E-state index >= 15 is 0 Å². The predicted molar refractivity (Wildman–Crippen MR) is 116 cm³/mol. The van der Waals surface area contributed by atoms with Crippen LogP contribution in [0.2, 0.25) is 0 Å². The first-order valence-corrected chi connectivity index (χ1v) is 9.81. The van der Waals surface area contributed by atoms with E-state index in [1.54, 1.807) is 40.8 Å². The molecule has 0 aliphatic carbocycles. The summed E-state index contributed by atoms with van der Waals surface area (Å²) in [5.74, 6) is -0.670. The van der Waals surface area contributed by atoms with Crippen LogP contribution in [0.15, 0.2) is 65.5 Å². The summed E-state index contributed by atoms with van der Waals surface area (Å²) in [6, 6.07) is 17.3. The summed E-state index contributed by atoms with van der Waals surface area (Å²) in [6.45, 7) is 6.86. The van der Waals surface area contributed by atoms with Crippen molar-refractivity contribution in [2.24, 2.45) is 0 Å². The Morgan fingerprint density at radius 2 is 1.63 bits per heavy atom. The zero-order valence-corrected chi connectivity index (χ0v) is 17.3. The number of rotatable bonds is 6. The summed E-state index contributed by atoms with van der Waals surface area (Å²) in [4.78, 5) is 39.2. The minimum absolute atomic E-state index is 0.0659. The van der Waals surface area contributed by atoms with Gasteiger partial charge in [0.05, 0.1) is 5.69 Å². The molecule has 0 spiro atoms. The predicted octanol–water partition coefficient (Wildman–Crippen LogP) is 3.28. The summed E-state index contributed by atoms with van der Waals surface area (Å²) in [6.07, 6.45) is 0. The van der Waals surface area contributed by atoms with Gasteiger partial charge in [-0.15, -0.1) is 0 Å². The molecule has 1 aromatic heterocycles. The van der Waals surface area contributed by atoms with Gasteiger partial charge in [-0.2, -0.15) is 5.10 Å². The quantitative estimate of drug-likeness (QED) is 0.683. The normalized spacial score (nSPS) is 10.5. The van der Waals surface area contributed by atoms with E-state index in [0.717, 1.165) is 5.69 Å². The van der Waals surface area contributed by atoms with Crippen LogP contribution in [-0.2, 0) is 0 Å². The SMILES string of the molecule is CCN(CC)C(=O)c1ccc(NC(=O)c2nn(-c3ccccc3)c(C)cc2=O)cc1. The van der Waals surface area contributed by atoms with Gasteiger partial charge in [-0.05, 0) is 57.2 Å². The van der Waals surface area contributed by atoms with Crippen LogP contribution in [0.25, 0.3) is 5.69 Å². The number of benzene rings is 2. The van der Waals surface area contributed by atoms with Crippen LogP contribution in [0.3, 0.4) is 0 Å². The average Bonchev–Trinajstić information content (AvgIpc) is 2.75. The van der Waals surface area contributed by atoms with E-state index in [4.69, 9.17) is 0 Å². The second-order valence-electron chi connectivity index (χ2n) is 6.75. The second-order valence-corrected chi connectivity index (χ2v) is 6.75. The number of aryl methyl sites for hydroxylation is 1. The summed E-state index contributed by atoms with van der Waals surface area (Å²) in [5.41, 5.74) is 1.74. The molecule has 0 atom stereocenters. The van der Waals surface area contributed by atoms with Gasteiger partial charge in [0.15, 0.2) is 5.69 Å². The number of aromatic nitrogens is 2. The van der Waals surface area contributed by atoms with Gasteiger partial charge in [-0.3, -0.25) is 14.4 Å². The lowest BCUT2D eigenvalue weighted by atomic mass is 10.1. The second kappa shape index (κ2) is 9.17. The monoisotopic (exact) mass is 404 g/mol. The van der Waals surface area contributed by atoms with E-state index in [2.05, 4.69) is 10.4 Å². The van der Waals surface area contributed by atoms with Crippen molar-refractivity contribution >= 4 is 17.5 Å². The fourth-order valence-electron chi connectivity index (χ4n) is 3.12. The van der Waals surface area contributed by atoms with Crippen LogP contribution in [0, 0.1) is 6.92 Å². The van der Waals surface area contributed by atoms with Gasteiger partial charge in [0.2, 0.25) is 5.43 Å². The molecule has 2 aromatic carbocycles. The first-order valence-electron chi connectivity index (χ1n) is 9.81. The Morgan fingerprint density at radius 3 is 2.23 bits per heavy atom. The maximum Gasteiger partial charge on any atom is 0.280 e. The van der Waals surface area contributed by atoms with Crippen molar-refractivity contribution in [1.82, 2.24) is 14.7 Å². The number of hydrogen-bond donors (Lipinski definition) is 1. The molecule has 0 radical (unpaired) electrons. The Kier molecular flexibility index (Phi) is 6.41. The smallest absolute Gasteiger partial charge is 0.280 e. The average molecular weight is 404 g/mol. The highest BCUT2D eigenvalue weighted by molar-refractivity contribution is 6.03. The van der Waals surface area contributed by atoms with Gasteiger partial charge in [-0.1, -0.05) is 18.2 Å². The largest absolute Gasteiger partial charge is 0.339 e. The zero-order chi connectivity index (χ0) is 21.7. The lowest BCUT2D eigenvalue weighted by Crippen LogP contribution is -2.30. The van der Waals surface area contributed by atoms with E-state index in [-0.39, 0.29) is 11.6 Å². The maximum absolute atomic E-state index is 12.7. The van der Waals surface area contributed by atoms with Gasteiger partial charge in [0.1, 0.15) is 0 Å². The molecule has 0 fully saturated rings. The Morgan fingerprint density at radius 1 is 1.00 bits per heavy atom. The highest BCUT2D eigenvalue weighted by Crippen LogP contribution is 2.13. The van der Waals surface area contributed by atoms with Crippen molar-refractivity contribution in [2.75, 3.05) is 18.4 Å². The van der Waals surface area contributed by atoms with Crippen molar-refractivity contribution < 1.29 is 9.59 Å². The van der Waals surface area contributed by atoms with Gasteiger partial charge >= 0.3 is 0 Å². The van der Waals surface area contributed by atoms with Crippen molar-refractivity contribution in [1.29, 1.82) is 0 Å². The molecule has 7 nitrogen and oxygen atoms in total. The van der Waals surface area contributed by atoms with Crippen LogP contribution in [0.1, 0.15) is 40.4 Å². The van der Waals surface area contributed by atoms with Crippen LogP contribution >= 0.6 is 0 Å². The Labute approximate surface area is 175 Å². The third-order valence-electron chi connectivity index (χ3n) is 4.76. The summed E-state index contributed by atoms with van der Waals surface area (Å²) in [7, 11) is 0. The zero-order valence-electron chi connectivity index (χ0n) is 17.3. The molecule has 0 unspecified atom stereocenters. The van der Waals surface area contributed by atoms with E-state index < -0.39 is 11.3 Å². The van der Waals surface area contributed by atoms with Crippen molar-refractivity contribution in [3.8, 4) is 5.69 Å². The number of nitrogens with zero attached hydrogens (tertiary/aromatic N) is 3. The first-order chi connectivity index (χ1) is 14.4. The summed E-state index contributed by atoms with van der Waals surface area (Å²) in [5, 5.41) is 6.94. The minimum Gasteiger partial charge on any atom is -0.339 e. The number of para-hydroxylation sites is 1. The number of carbonyl (C=O) groups is 2. The highest BCUT2D eigenvalue weighted by Gasteiger charge is 2.16. The number of hydrogen-bond acceptors (Lipinski definition) is 4. The van der Waals surface area contributed by atoms with E-state index in [9.17, 15) is 14.4 Å². The Bertz CT molecular complexity index is 1100. The van der Waals surface area contributed by atoms with E-state index in [0.29, 0.717) is 30.0 Å². The molecular weight excluding hydrogens is 380 g/mol. The minimum atomic E-state index is -0.604. The number of amides is 2. The molecule has 3 rings (SSSR count). The van der Waals surface area contributed by atoms with Crippen molar-refractivity contribution in [2.45, 2.75) is 20.8 Å². The van der Waals surface area contributed by atoms with Gasteiger partial charge in [0, 0.05) is 36.1 Å². The molecule has 1 heterocycles. The van der Waals surface area contributed by atoms with Crippen LogP contribution in [0.4, 0.5) is 5.69 Å². The topological polar surface area (TPSA) is 84.3 Å². The van der Waals surface area contributed by atoms with E-state index in [1.165, 1.54) is 6.07 Å². The molecule has 7 heteroatoms. The van der Waals surface area contributed by atoms with Crippen LogP contribution in [-0.4, -0.2) is 39.6 Å². The molecule has 0 saturated carbocycles. The Balaban J connectivity index is 1.83. The molecule has 2 amide bonds. The van der Waals surface area contributed by atoms with Gasteiger partial charge in [-0.25, -0.2) is 4.68 Å². The fraction of sp³-hybridized carbons (Fsp3) is 0.217.